The molecule has 0 aliphatic heterocycles. The molecule has 0 aliphatic rings. The van der Waals surface area contributed by atoms with Crippen molar-refractivity contribution in [2.75, 3.05) is 7.11 Å². The number of nitrogens with one attached hydrogen (secondary N) is 1. The number of benzene rings is 1. The smallest absolute Gasteiger partial charge is 0.311 e. The maximum absolute atomic E-state index is 12.3. The predicted molar refractivity (Wildman–Crippen MR) is 75.9 cm³/mol. The van der Waals surface area contributed by atoms with Gasteiger partial charge in [-0.2, -0.15) is 0 Å². The average Bonchev–Trinajstić information content (AvgIpc) is 2.80. The fourth-order valence-electron chi connectivity index (χ4n) is 1.98. The molecule has 4 nitrogen and oxygen atoms in total. The zero-order valence-electron chi connectivity index (χ0n) is 11.8. The lowest BCUT2D eigenvalue weighted by atomic mass is 10.1. The highest BCUT2D eigenvalue weighted by molar-refractivity contribution is 6.08. The molecule has 0 spiro atoms. The summed E-state index contributed by atoms with van der Waals surface area (Å²) in [7, 11) is 1.35. The average molecular weight is 271 g/mol. The van der Waals surface area contributed by atoms with Crippen molar-refractivity contribution in [3.05, 3.63) is 58.4 Å². The van der Waals surface area contributed by atoms with E-state index in [0.717, 1.165) is 11.1 Å². The van der Waals surface area contributed by atoms with Gasteiger partial charge in [-0.15, -0.1) is 0 Å². The normalized spacial score (nSPS) is 10.3. The molecule has 1 heterocycles. The van der Waals surface area contributed by atoms with Crippen LogP contribution in [0.1, 0.15) is 32.9 Å². The van der Waals surface area contributed by atoms with Crippen LogP contribution in [0.2, 0.25) is 0 Å². The molecule has 0 amide bonds. The summed E-state index contributed by atoms with van der Waals surface area (Å²) in [5.74, 6) is -0.409. The molecular formula is C16H17NO3. The van der Waals surface area contributed by atoms with Crippen LogP contribution in [-0.2, 0) is 16.0 Å². The minimum absolute atomic E-state index is 0.0794. The van der Waals surface area contributed by atoms with E-state index in [1.165, 1.54) is 7.11 Å². The number of rotatable bonds is 4. The highest BCUT2D eigenvalue weighted by Gasteiger charge is 2.15. The van der Waals surface area contributed by atoms with Crippen LogP contribution in [0.25, 0.3) is 0 Å². The van der Waals surface area contributed by atoms with Crippen LogP contribution in [0, 0.1) is 13.8 Å². The van der Waals surface area contributed by atoms with E-state index in [4.69, 9.17) is 0 Å². The molecule has 20 heavy (non-hydrogen) atoms. The van der Waals surface area contributed by atoms with E-state index < -0.39 is 0 Å². The van der Waals surface area contributed by atoms with Gasteiger partial charge in [-0.05, 0) is 25.5 Å². The molecule has 1 N–H and O–H groups in total. The van der Waals surface area contributed by atoms with Crippen molar-refractivity contribution in [2.45, 2.75) is 20.3 Å². The van der Waals surface area contributed by atoms with Crippen molar-refractivity contribution in [1.29, 1.82) is 0 Å². The number of ether oxygens (including phenoxy) is 1. The second-order valence-corrected chi connectivity index (χ2v) is 4.79. The molecule has 2 rings (SSSR count). The summed E-state index contributed by atoms with van der Waals surface area (Å²) in [4.78, 5) is 26.6. The molecule has 0 saturated heterocycles. The van der Waals surface area contributed by atoms with E-state index in [1.807, 2.05) is 26.0 Å². The lowest BCUT2D eigenvalue weighted by molar-refractivity contribution is -0.139. The van der Waals surface area contributed by atoms with Gasteiger partial charge in [-0.1, -0.05) is 29.8 Å². The van der Waals surface area contributed by atoms with Gasteiger partial charge in [-0.25, -0.2) is 0 Å². The Balaban J connectivity index is 2.25. The maximum Gasteiger partial charge on any atom is 0.311 e. The van der Waals surface area contributed by atoms with Crippen LogP contribution in [0.5, 0.6) is 0 Å². The fourth-order valence-corrected chi connectivity index (χ4v) is 1.98. The van der Waals surface area contributed by atoms with Gasteiger partial charge in [-0.3, -0.25) is 9.59 Å². The molecule has 2 aromatic rings. The zero-order valence-corrected chi connectivity index (χ0v) is 11.8. The first-order valence-corrected chi connectivity index (χ1v) is 6.38. The van der Waals surface area contributed by atoms with Crippen molar-refractivity contribution in [1.82, 2.24) is 4.98 Å². The van der Waals surface area contributed by atoms with E-state index in [9.17, 15) is 9.59 Å². The Morgan fingerprint density at radius 2 is 1.80 bits per heavy atom. The van der Waals surface area contributed by atoms with Gasteiger partial charge in [0.05, 0.1) is 19.2 Å². The monoisotopic (exact) mass is 271 g/mol. The van der Waals surface area contributed by atoms with Crippen molar-refractivity contribution in [2.24, 2.45) is 0 Å². The number of carbonyl (C=O) groups excluding carboxylic acids is 2. The number of methoxy groups -OCH3 is 1. The second-order valence-electron chi connectivity index (χ2n) is 4.79. The van der Waals surface area contributed by atoms with E-state index in [2.05, 4.69) is 9.72 Å². The Morgan fingerprint density at radius 3 is 2.40 bits per heavy atom. The molecule has 104 valence electrons. The molecular weight excluding hydrogens is 254 g/mol. The number of aromatic nitrogens is 1. The highest BCUT2D eigenvalue weighted by atomic mass is 16.5. The molecule has 0 unspecified atom stereocenters. The van der Waals surface area contributed by atoms with Gasteiger partial charge >= 0.3 is 5.97 Å². The summed E-state index contributed by atoms with van der Waals surface area (Å²) in [6.45, 7) is 3.84. The van der Waals surface area contributed by atoms with Gasteiger partial charge in [0.2, 0.25) is 5.78 Å². The molecule has 4 heteroatoms. The minimum atomic E-state index is -0.329. The van der Waals surface area contributed by atoms with Gasteiger partial charge < -0.3 is 9.72 Å². The van der Waals surface area contributed by atoms with E-state index in [-0.39, 0.29) is 18.2 Å². The Hall–Kier alpha value is -2.36. The van der Waals surface area contributed by atoms with Crippen LogP contribution in [0.3, 0.4) is 0 Å². The Morgan fingerprint density at radius 1 is 1.15 bits per heavy atom. The highest BCUT2D eigenvalue weighted by Crippen LogP contribution is 2.15. The molecule has 0 saturated carbocycles. The first kappa shape index (κ1) is 14.1. The van der Waals surface area contributed by atoms with Crippen LogP contribution in [0.15, 0.2) is 30.3 Å². The fraction of sp³-hybridized carbons (Fsp3) is 0.250. The molecule has 0 fully saturated rings. The van der Waals surface area contributed by atoms with E-state index >= 15 is 0 Å². The Kier molecular flexibility index (Phi) is 4.03. The van der Waals surface area contributed by atoms with Crippen LogP contribution in [-0.4, -0.2) is 23.8 Å². The van der Waals surface area contributed by atoms with Gasteiger partial charge in [0.25, 0.3) is 0 Å². The lowest BCUT2D eigenvalue weighted by Crippen LogP contribution is -2.07. The van der Waals surface area contributed by atoms with Crippen molar-refractivity contribution >= 4 is 11.8 Å². The third-order valence-corrected chi connectivity index (χ3v) is 3.23. The number of carbonyl (C=O) groups is 2. The zero-order chi connectivity index (χ0) is 14.7. The first-order chi connectivity index (χ1) is 9.51. The molecule has 0 bridgehead atoms. The number of hydrogen-bond donors (Lipinski definition) is 1. The predicted octanol–water partition coefficient (Wildman–Crippen LogP) is 2.58. The minimum Gasteiger partial charge on any atom is -0.469 e. The molecule has 0 aliphatic carbocycles. The number of aryl methyl sites for hydroxylation is 2. The SMILES string of the molecule is COC(=O)Cc1[nH]c(C(=O)c2ccc(C)cc2)cc1C. The Bertz CT molecular complexity index is 638. The molecule has 1 aromatic carbocycles. The summed E-state index contributed by atoms with van der Waals surface area (Å²) >= 11 is 0. The van der Waals surface area contributed by atoms with Crippen LogP contribution >= 0.6 is 0 Å². The number of esters is 1. The van der Waals surface area contributed by atoms with Gasteiger partial charge in [0, 0.05) is 11.3 Å². The quantitative estimate of drug-likeness (QED) is 0.687. The standard InChI is InChI=1S/C16H17NO3/c1-10-4-6-12(7-5-10)16(19)14-8-11(2)13(17-14)9-15(18)20-3/h4-8,17H,9H2,1-3H3. The third-order valence-electron chi connectivity index (χ3n) is 3.23. The van der Waals surface area contributed by atoms with Crippen molar-refractivity contribution in [3.8, 4) is 0 Å². The molecule has 1 aromatic heterocycles. The number of H-pyrrole nitrogens is 1. The first-order valence-electron chi connectivity index (χ1n) is 6.38. The second kappa shape index (κ2) is 5.74. The summed E-state index contributed by atoms with van der Waals surface area (Å²) < 4.78 is 4.63. The van der Waals surface area contributed by atoms with Crippen LogP contribution < -0.4 is 0 Å². The number of aromatic amines is 1. The molecule has 0 atom stereocenters. The topological polar surface area (TPSA) is 59.2 Å². The summed E-state index contributed by atoms with van der Waals surface area (Å²) in [6.07, 6.45) is 0.142. The summed E-state index contributed by atoms with van der Waals surface area (Å²) in [5, 5.41) is 0. The van der Waals surface area contributed by atoms with E-state index in [1.54, 1.807) is 18.2 Å². The van der Waals surface area contributed by atoms with Crippen molar-refractivity contribution in [3.63, 3.8) is 0 Å². The third kappa shape index (κ3) is 2.96. The molecule has 0 radical (unpaired) electrons. The number of hydrogen-bond acceptors (Lipinski definition) is 3. The van der Waals surface area contributed by atoms with Crippen LogP contribution in [0.4, 0.5) is 0 Å². The van der Waals surface area contributed by atoms with Gasteiger partial charge in [0.1, 0.15) is 0 Å². The van der Waals surface area contributed by atoms with Gasteiger partial charge in [0.15, 0.2) is 0 Å². The summed E-state index contributed by atoms with van der Waals surface area (Å²) in [5.41, 5.74) is 3.82. The van der Waals surface area contributed by atoms with E-state index in [0.29, 0.717) is 17.0 Å². The Labute approximate surface area is 117 Å². The largest absolute Gasteiger partial charge is 0.469 e. The number of ketones is 1. The summed E-state index contributed by atoms with van der Waals surface area (Å²) in [6, 6.07) is 9.17. The maximum atomic E-state index is 12.3. The van der Waals surface area contributed by atoms with Crippen molar-refractivity contribution < 1.29 is 14.3 Å². The lowest BCUT2D eigenvalue weighted by Gasteiger charge is -2.00.